The molecule has 6 rings (SSSR count). The summed E-state index contributed by atoms with van der Waals surface area (Å²) in [4.78, 5) is 47.9. The number of ether oxygens (including phenoxy) is 4. The number of thiazole rings is 1. The largest absolute Gasteiger partial charge is 0.493 e. The number of nitrogens with one attached hydrogen (secondary N) is 1. The van der Waals surface area contributed by atoms with Crippen LogP contribution in [0.1, 0.15) is 40.1 Å². The molecule has 4 heterocycles. The molecule has 1 saturated heterocycles. The van der Waals surface area contributed by atoms with Gasteiger partial charge in [0.1, 0.15) is 10.6 Å². The predicted octanol–water partition coefficient (Wildman–Crippen LogP) is 3.67. The zero-order chi connectivity index (χ0) is 30.9. The Kier molecular flexibility index (Phi) is 10.8. The van der Waals surface area contributed by atoms with Gasteiger partial charge in [0.05, 0.1) is 44.1 Å². The van der Waals surface area contributed by atoms with Crippen molar-refractivity contribution in [2.45, 2.75) is 44.4 Å². The smallest absolute Gasteiger partial charge is 0.265 e. The van der Waals surface area contributed by atoms with Crippen LogP contribution in [0.25, 0.3) is 0 Å². The van der Waals surface area contributed by atoms with E-state index in [1.54, 1.807) is 35.7 Å². The Morgan fingerprint density at radius 1 is 1.14 bits per heavy atom. The number of aryl methyl sites for hydroxylation is 1. The van der Waals surface area contributed by atoms with Gasteiger partial charge in [-0.1, -0.05) is 18.2 Å². The third kappa shape index (κ3) is 8.13. The summed E-state index contributed by atoms with van der Waals surface area (Å²) in [5, 5.41) is 3.09. The van der Waals surface area contributed by atoms with E-state index in [-0.39, 0.29) is 49.9 Å². The van der Waals surface area contributed by atoms with E-state index in [0.717, 1.165) is 11.1 Å². The molecular formula is C32H38N4O7S. The molecule has 0 unspecified atom stereocenters. The van der Waals surface area contributed by atoms with Crippen molar-refractivity contribution in [1.29, 1.82) is 0 Å². The Hall–Kier alpha value is -4.00. The number of hydrogen-bond donors (Lipinski definition) is 1. The zero-order valence-corrected chi connectivity index (χ0v) is 25.8. The van der Waals surface area contributed by atoms with Gasteiger partial charge in [0.2, 0.25) is 11.8 Å². The van der Waals surface area contributed by atoms with E-state index in [2.05, 4.69) is 10.3 Å². The van der Waals surface area contributed by atoms with Crippen LogP contribution in [0.5, 0.6) is 17.2 Å². The first kappa shape index (κ1) is 31.4. The highest BCUT2D eigenvalue weighted by atomic mass is 32.1. The van der Waals surface area contributed by atoms with E-state index in [4.69, 9.17) is 18.9 Å². The van der Waals surface area contributed by atoms with Gasteiger partial charge >= 0.3 is 0 Å². The quantitative estimate of drug-likeness (QED) is 0.414. The Morgan fingerprint density at radius 2 is 2.02 bits per heavy atom. The van der Waals surface area contributed by atoms with Gasteiger partial charge < -0.3 is 34.1 Å². The van der Waals surface area contributed by atoms with Gasteiger partial charge in [-0.15, -0.1) is 11.3 Å². The number of aromatic nitrogens is 1. The minimum Gasteiger partial charge on any atom is -0.493 e. The molecule has 3 aliphatic heterocycles. The van der Waals surface area contributed by atoms with E-state index >= 15 is 0 Å². The van der Waals surface area contributed by atoms with Gasteiger partial charge in [0.15, 0.2) is 11.5 Å². The highest BCUT2D eigenvalue weighted by molar-refractivity contribution is 7.11. The van der Waals surface area contributed by atoms with E-state index in [9.17, 15) is 14.4 Å². The van der Waals surface area contributed by atoms with Crippen molar-refractivity contribution in [3.05, 3.63) is 70.2 Å². The summed E-state index contributed by atoms with van der Waals surface area (Å²) in [5.74, 6) is 1.19. The number of fused-ring (bicyclic) bond motifs is 9. The lowest BCUT2D eigenvalue weighted by Gasteiger charge is -2.39. The van der Waals surface area contributed by atoms with Crippen LogP contribution in [-0.4, -0.2) is 91.7 Å². The van der Waals surface area contributed by atoms with Crippen LogP contribution in [0.3, 0.4) is 0 Å². The highest BCUT2D eigenvalue weighted by Crippen LogP contribution is 2.33. The van der Waals surface area contributed by atoms with Crippen LogP contribution in [0.4, 0.5) is 0 Å². The monoisotopic (exact) mass is 622 g/mol. The SMILES string of the molecule is COCCCN1CC(=O)N[C@H]2CN(C(=O)c3cncs3)CC[C@H]2OCc2cccc(c2)Oc2ccc(cc2OC)CCC1=O. The Morgan fingerprint density at radius 3 is 2.82 bits per heavy atom. The normalized spacial score (nSPS) is 19.7. The Balaban J connectivity index is 1.41. The third-order valence-corrected chi connectivity index (χ3v) is 8.50. The molecule has 3 aromatic rings. The first-order valence-corrected chi connectivity index (χ1v) is 15.6. The minimum absolute atomic E-state index is 0.104. The molecule has 2 atom stereocenters. The second-order valence-corrected chi connectivity index (χ2v) is 11.7. The molecule has 11 nitrogen and oxygen atoms in total. The maximum atomic E-state index is 13.5. The molecule has 3 aliphatic rings. The molecule has 0 radical (unpaired) electrons. The van der Waals surface area contributed by atoms with Crippen LogP contribution < -0.4 is 14.8 Å². The highest BCUT2D eigenvalue weighted by Gasteiger charge is 2.34. The second kappa shape index (κ2) is 15.1. The molecule has 1 aromatic heterocycles. The van der Waals surface area contributed by atoms with Crippen LogP contribution in [-0.2, 0) is 32.1 Å². The molecule has 0 spiro atoms. The average molecular weight is 623 g/mol. The average Bonchev–Trinajstić information content (AvgIpc) is 3.58. The van der Waals surface area contributed by atoms with Crippen molar-refractivity contribution >= 4 is 29.1 Å². The molecule has 1 fully saturated rings. The number of benzene rings is 2. The third-order valence-electron chi connectivity index (χ3n) is 7.74. The van der Waals surface area contributed by atoms with E-state index in [1.165, 1.54) is 11.3 Å². The first-order valence-electron chi connectivity index (χ1n) is 14.7. The van der Waals surface area contributed by atoms with Crippen LogP contribution in [0.2, 0.25) is 0 Å². The zero-order valence-electron chi connectivity index (χ0n) is 25.0. The number of carbonyl (C=O) groups excluding carboxylic acids is 3. The van der Waals surface area contributed by atoms with Gasteiger partial charge in [-0.05, 0) is 54.7 Å². The van der Waals surface area contributed by atoms with Crippen molar-refractivity contribution in [2.75, 3.05) is 47.0 Å². The molecular weight excluding hydrogens is 584 g/mol. The van der Waals surface area contributed by atoms with Gasteiger partial charge in [-0.25, -0.2) is 0 Å². The number of carbonyl (C=O) groups is 3. The van der Waals surface area contributed by atoms with Gasteiger partial charge in [-0.3, -0.25) is 19.4 Å². The van der Waals surface area contributed by atoms with E-state index < -0.39 is 6.04 Å². The van der Waals surface area contributed by atoms with Crippen LogP contribution >= 0.6 is 11.3 Å². The van der Waals surface area contributed by atoms with Crippen molar-refractivity contribution in [2.24, 2.45) is 0 Å². The number of hydrogen-bond acceptors (Lipinski definition) is 9. The molecule has 234 valence electrons. The fraction of sp³-hybridized carbons (Fsp3) is 0.438. The molecule has 4 bridgehead atoms. The van der Waals surface area contributed by atoms with Crippen molar-refractivity contribution in [1.82, 2.24) is 20.1 Å². The van der Waals surface area contributed by atoms with Gasteiger partial charge in [0.25, 0.3) is 5.91 Å². The topological polar surface area (TPSA) is 120 Å². The fourth-order valence-electron chi connectivity index (χ4n) is 5.44. The van der Waals surface area contributed by atoms with Crippen molar-refractivity contribution in [3.63, 3.8) is 0 Å². The summed E-state index contributed by atoms with van der Waals surface area (Å²) < 4.78 is 23.3. The molecule has 0 aliphatic carbocycles. The summed E-state index contributed by atoms with van der Waals surface area (Å²) in [5.41, 5.74) is 3.44. The molecule has 44 heavy (non-hydrogen) atoms. The number of likely N-dealkylation sites (tertiary alicyclic amines) is 1. The number of methoxy groups -OCH3 is 2. The fourth-order valence-corrected chi connectivity index (χ4v) is 6.02. The first-order chi connectivity index (χ1) is 21.4. The van der Waals surface area contributed by atoms with E-state index in [1.807, 2.05) is 42.5 Å². The van der Waals surface area contributed by atoms with Crippen LogP contribution in [0.15, 0.2) is 54.2 Å². The van der Waals surface area contributed by atoms with Crippen molar-refractivity contribution < 1.29 is 33.3 Å². The number of nitrogens with zero attached hydrogens (tertiary/aromatic N) is 3. The standard InChI is InChI=1S/C32H38N4O7S/c1-40-14-4-12-35-19-30(37)34-25-18-36(32(39)29-17-33-21-44-29)13-11-26(25)42-20-23-5-3-6-24(15-23)43-27-9-7-22(8-10-31(35)38)16-28(27)41-2/h3,5-7,9,15-17,21,25-26H,4,8,10-14,18-20H2,1-2H3,(H,34,37)/t25-,26+/m0/s1. The van der Waals surface area contributed by atoms with Gasteiger partial charge in [-0.2, -0.15) is 0 Å². The summed E-state index contributed by atoms with van der Waals surface area (Å²) in [7, 11) is 3.19. The maximum Gasteiger partial charge on any atom is 0.265 e. The molecule has 2 aromatic carbocycles. The minimum atomic E-state index is -0.467. The maximum absolute atomic E-state index is 13.5. The summed E-state index contributed by atoms with van der Waals surface area (Å²) >= 11 is 1.28. The lowest BCUT2D eigenvalue weighted by molar-refractivity contribution is -0.137. The molecule has 3 amide bonds. The lowest BCUT2D eigenvalue weighted by atomic mass is 10.0. The van der Waals surface area contributed by atoms with Gasteiger partial charge in [0, 0.05) is 39.8 Å². The summed E-state index contributed by atoms with van der Waals surface area (Å²) in [6.07, 6.45) is 3.04. The number of piperidine rings is 1. The summed E-state index contributed by atoms with van der Waals surface area (Å²) in [6.45, 7) is 1.79. The summed E-state index contributed by atoms with van der Waals surface area (Å²) in [6, 6.07) is 12.8. The number of rotatable bonds is 6. The molecule has 12 heteroatoms. The second-order valence-electron chi connectivity index (χ2n) is 10.8. The number of amides is 3. The molecule has 0 saturated carbocycles. The van der Waals surface area contributed by atoms with Crippen LogP contribution in [0, 0.1) is 0 Å². The predicted molar refractivity (Wildman–Crippen MR) is 164 cm³/mol. The Bertz CT molecular complexity index is 1430. The lowest BCUT2D eigenvalue weighted by Crippen LogP contribution is -2.58. The molecule has 1 N–H and O–H groups in total. The van der Waals surface area contributed by atoms with Crippen molar-refractivity contribution in [3.8, 4) is 17.2 Å². The van der Waals surface area contributed by atoms with E-state index in [0.29, 0.717) is 61.1 Å². The Labute approximate surface area is 261 Å².